The number of ketones is 1. The van der Waals surface area contributed by atoms with Crippen molar-refractivity contribution in [1.29, 1.82) is 0 Å². The van der Waals surface area contributed by atoms with Crippen LogP contribution in [0.4, 0.5) is 0 Å². The fraction of sp³-hybridized carbons (Fsp3) is 0.500. The lowest BCUT2D eigenvalue weighted by Crippen LogP contribution is -2.01. The van der Waals surface area contributed by atoms with Crippen molar-refractivity contribution in [3.05, 3.63) is 11.3 Å². The number of rotatable bonds is 1. The molecule has 0 saturated heterocycles. The van der Waals surface area contributed by atoms with Crippen LogP contribution in [0.25, 0.3) is 0 Å². The maximum atomic E-state index is 10.4. The number of carbonyl (C=O) groups is 1. The summed E-state index contributed by atoms with van der Waals surface area (Å²) in [6.45, 7) is 4.94. The second-order valence-electron chi connectivity index (χ2n) is 1.86. The first kappa shape index (κ1) is 7.21. The van der Waals surface area contributed by atoms with Gasteiger partial charge in [0.2, 0.25) is 0 Å². The summed E-state index contributed by atoms with van der Waals surface area (Å²) in [5, 5.41) is 0. The Morgan fingerprint density at radius 1 is 1.25 bits per heavy atom. The summed E-state index contributed by atoms with van der Waals surface area (Å²) < 4.78 is 0. The molecule has 46 valence electrons. The van der Waals surface area contributed by atoms with Gasteiger partial charge in [-0.15, -0.1) is 0 Å². The van der Waals surface area contributed by atoms with Crippen molar-refractivity contribution in [2.24, 2.45) is 5.73 Å². The summed E-state index contributed by atoms with van der Waals surface area (Å²) in [6.07, 6.45) is 0. The van der Waals surface area contributed by atoms with Gasteiger partial charge in [-0.25, -0.2) is 0 Å². The van der Waals surface area contributed by atoms with Crippen LogP contribution in [0.2, 0.25) is 0 Å². The van der Waals surface area contributed by atoms with Crippen LogP contribution in [0, 0.1) is 0 Å². The van der Waals surface area contributed by atoms with Gasteiger partial charge in [-0.2, -0.15) is 0 Å². The molecule has 0 radical (unpaired) electrons. The second kappa shape index (κ2) is 2.50. The average molecular weight is 113 g/mol. The predicted molar refractivity (Wildman–Crippen MR) is 33.2 cm³/mol. The normalized spacial score (nSPS) is 12.9. The highest BCUT2D eigenvalue weighted by molar-refractivity contribution is 5.93. The monoisotopic (exact) mass is 113 g/mol. The van der Waals surface area contributed by atoms with Gasteiger partial charge in [0, 0.05) is 11.3 Å². The molecule has 0 amide bonds. The van der Waals surface area contributed by atoms with Gasteiger partial charge in [0.1, 0.15) is 0 Å². The highest BCUT2D eigenvalue weighted by Gasteiger charge is 1.96. The lowest BCUT2D eigenvalue weighted by Gasteiger charge is -1.94. The molecule has 0 aliphatic rings. The number of nitrogens with two attached hydrogens (primary N) is 1. The average Bonchev–Trinajstić information content (AvgIpc) is 1.64. The zero-order valence-electron chi connectivity index (χ0n) is 5.49. The molecular weight excluding hydrogens is 102 g/mol. The van der Waals surface area contributed by atoms with Gasteiger partial charge in [-0.3, -0.25) is 4.79 Å². The van der Waals surface area contributed by atoms with E-state index in [2.05, 4.69) is 0 Å². The first-order chi connectivity index (χ1) is 3.55. The van der Waals surface area contributed by atoms with Crippen LogP contribution in [0.1, 0.15) is 20.8 Å². The zero-order chi connectivity index (χ0) is 6.73. The van der Waals surface area contributed by atoms with Gasteiger partial charge in [0.25, 0.3) is 0 Å². The van der Waals surface area contributed by atoms with E-state index in [4.69, 9.17) is 5.73 Å². The van der Waals surface area contributed by atoms with Crippen LogP contribution in [-0.4, -0.2) is 5.78 Å². The van der Waals surface area contributed by atoms with E-state index < -0.39 is 0 Å². The van der Waals surface area contributed by atoms with E-state index in [1.54, 1.807) is 13.8 Å². The molecular formula is C6H11NO. The highest BCUT2D eigenvalue weighted by atomic mass is 16.1. The minimum Gasteiger partial charge on any atom is -0.402 e. The Labute approximate surface area is 49.4 Å². The minimum atomic E-state index is 0.0463. The van der Waals surface area contributed by atoms with Crippen molar-refractivity contribution in [2.75, 3.05) is 0 Å². The predicted octanol–water partition coefficient (Wildman–Crippen LogP) is 0.828. The fourth-order valence-corrected chi connectivity index (χ4v) is 0.278. The van der Waals surface area contributed by atoms with Crippen molar-refractivity contribution >= 4 is 5.78 Å². The molecule has 0 heterocycles. The van der Waals surface area contributed by atoms with E-state index in [1.807, 2.05) is 0 Å². The van der Waals surface area contributed by atoms with Crippen LogP contribution in [-0.2, 0) is 4.79 Å². The summed E-state index contributed by atoms with van der Waals surface area (Å²) in [5.74, 6) is 0.0463. The number of carbonyl (C=O) groups excluding carboxylic acids is 1. The van der Waals surface area contributed by atoms with E-state index in [0.29, 0.717) is 11.3 Å². The molecule has 0 saturated carbocycles. The smallest absolute Gasteiger partial charge is 0.157 e. The van der Waals surface area contributed by atoms with E-state index in [1.165, 1.54) is 6.92 Å². The molecule has 2 N–H and O–H groups in total. The Kier molecular flexibility index (Phi) is 2.25. The van der Waals surface area contributed by atoms with E-state index in [0.717, 1.165) is 0 Å². The number of hydrogen-bond donors (Lipinski definition) is 1. The number of hydrogen-bond acceptors (Lipinski definition) is 2. The van der Waals surface area contributed by atoms with E-state index >= 15 is 0 Å². The molecule has 0 fully saturated rings. The lowest BCUT2D eigenvalue weighted by molar-refractivity contribution is -0.113. The van der Waals surface area contributed by atoms with Crippen LogP contribution >= 0.6 is 0 Å². The van der Waals surface area contributed by atoms with E-state index in [-0.39, 0.29) is 5.78 Å². The number of Topliss-reactive ketones (excluding diaryl/α,β-unsaturated/α-hetero) is 1. The molecule has 0 unspecified atom stereocenters. The molecule has 0 aliphatic carbocycles. The molecule has 0 spiro atoms. The van der Waals surface area contributed by atoms with Gasteiger partial charge >= 0.3 is 0 Å². The molecule has 0 atom stereocenters. The van der Waals surface area contributed by atoms with Crippen molar-refractivity contribution in [2.45, 2.75) is 20.8 Å². The summed E-state index contributed by atoms with van der Waals surface area (Å²) in [5.41, 5.74) is 6.56. The SMILES string of the molecule is CC(=O)/C(C)=C(/C)N. The van der Waals surface area contributed by atoms with Crippen molar-refractivity contribution < 1.29 is 4.79 Å². The molecule has 0 aromatic heterocycles. The van der Waals surface area contributed by atoms with E-state index in [9.17, 15) is 4.79 Å². The molecule has 0 aromatic rings. The molecule has 0 aromatic carbocycles. The van der Waals surface area contributed by atoms with Gasteiger partial charge in [-0.1, -0.05) is 0 Å². The highest BCUT2D eigenvalue weighted by Crippen LogP contribution is 1.96. The van der Waals surface area contributed by atoms with Crippen molar-refractivity contribution in [3.63, 3.8) is 0 Å². The molecule has 0 bridgehead atoms. The molecule has 2 nitrogen and oxygen atoms in total. The first-order valence-electron chi connectivity index (χ1n) is 2.49. The van der Waals surface area contributed by atoms with Crippen LogP contribution < -0.4 is 5.73 Å². The maximum Gasteiger partial charge on any atom is 0.157 e. The largest absolute Gasteiger partial charge is 0.402 e. The van der Waals surface area contributed by atoms with Gasteiger partial charge in [0.15, 0.2) is 5.78 Å². The van der Waals surface area contributed by atoms with Crippen LogP contribution in [0.5, 0.6) is 0 Å². The Balaban J connectivity index is 4.23. The van der Waals surface area contributed by atoms with Crippen molar-refractivity contribution in [3.8, 4) is 0 Å². The molecule has 0 rings (SSSR count). The maximum absolute atomic E-state index is 10.4. The summed E-state index contributed by atoms with van der Waals surface area (Å²) in [7, 11) is 0. The third kappa shape index (κ3) is 1.78. The standard InChI is InChI=1S/C6H11NO/c1-4(5(2)7)6(3)8/h7H2,1-3H3/b5-4-. The lowest BCUT2D eigenvalue weighted by atomic mass is 10.2. The van der Waals surface area contributed by atoms with Crippen molar-refractivity contribution in [1.82, 2.24) is 0 Å². The zero-order valence-corrected chi connectivity index (χ0v) is 5.49. The third-order valence-corrected chi connectivity index (χ3v) is 1.12. The fourth-order valence-electron chi connectivity index (χ4n) is 0.278. The minimum absolute atomic E-state index is 0.0463. The molecule has 2 heteroatoms. The quantitative estimate of drug-likeness (QED) is 0.512. The van der Waals surface area contributed by atoms with Gasteiger partial charge < -0.3 is 5.73 Å². The molecule has 8 heavy (non-hydrogen) atoms. The second-order valence-corrected chi connectivity index (χ2v) is 1.86. The topological polar surface area (TPSA) is 43.1 Å². The van der Waals surface area contributed by atoms with Crippen LogP contribution in [0.15, 0.2) is 11.3 Å². The first-order valence-corrected chi connectivity index (χ1v) is 2.49. The summed E-state index contributed by atoms with van der Waals surface area (Å²) in [4.78, 5) is 10.4. The Hall–Kier alpha value is -0.790. The summed E-state index contributed by atoms with van der Waals surface area (Å²) in [6, 6.07) is 0. The third-order valence-electron chi connectivity index (χ3n) is 1.12. The molecule has 0 aliphatic heterocycles. The summed E-state index contributed by atoms with van der Waals surface area (Å²) >= 11 is 0. The Bertz CT molecular complexity index is 131. The number of allylic oxidation sites excluding steroid dienone is 2. The van der Waals surface area contributed by atoms with Gasteiger partial charge in [0.05, 0.1) is 0 Å². The van der Waals surface area contributed by atoms with Crippen LogP contribution in [0.3, 0.4) is 0 Å². The Morgan fingerprint density at radius 2 is 1.62 bits per heavy atom. The Morgan fingerprint density at radius 3 is 1.62 bits per heavy atom. The van der Waals surface area contributed by atoms with Gasteiger partial charge in [-0.05, 0) is 20.8 Å².